The van der Waals surface area contributed by atoms with Crippen molar-refractivity contribution in [3.63, 3.8) is 0 Å². The zero-order chi connectivity index (χ0) is 7.56. The van der Waals surface area contributed by atoms with E-state index in [1.165, 1.54) is 0 Å². The topological polar surface area (TPSA) is 41.1 Å². The third kappa shape index (κ3) is 1.21. The Hall–Kier alpha value is -1.17. The highest BCUT2D eigenvalue weighted by Crippen LogP contribution is 2.29. The molecule has 0 aromatic heterocycles. The summed E-state index contributed by atoms with van der Waals surface area (Å²) in [5, 5.41) is 5.32. The Morgan fingerprint density at radius 3 is 3.00 bits per heavy atom. The van der Waals surface area contributed by atoms with Crippen molar-refractivity contribution in [1.82, 2.24) is 10.6 Å². The predicted octanol–water partition coefficient (Wildman–Crippen LogP) is -0.699. The van der Waals surface area contributed by atoms with Gasteiger partial charge in [-0.05, 0) is 6.42 Å². The van der Waals surface area contributed by atoms with E-state index in [-0.39, 0.29) is 17.9 Å². The maximum atomic E-state index is 10.8. The Bertz CT molecular complexity index is 183. The number of amides is 1. The van der Waals surface area contributed by atoms with Crippen LogP contribution in [0.15, 0.2) is 0 Å². The van der Waals surface area contributed by atoms with Crippen molar-refractivity contribution in [2.45, 2.75) is 12.5 Å². The molecule has 0 aromatic carbocycles. The molecular weight excluding hydrogens is 128 g/mol. The molecule has 3 heteroatoms. The summed E-state index contributed by atoms with van der Waals surface area (Å²) in [5.74, 6) is 0.175. The Morgan fingerprint density at radius 2 is 2.50 bits per heavy atom. The van der Waals surface area contributed by atoms with E-state index >= 15 is 0 Å². The lowest BCUT2D eigenvalue weighted by Gasteiger charge is -1.95. The normalized spacial score (nSPS) is 28.4. The van der Waals surface area contributed by atoms with E-state index in [9.17, 15) is 4.79 Å². The first-order chi connectivity index (χ1) is 4.79. The zero-order valence-corrected chi connectivity index (χ0v) is 5.85. The van der Waals surface area contributed by atoms with Crippen LogP contribution in [0, 0.1) is 18.4 Å². The monoisotopic (exact) mass is 138 g/mol. The van der Waals surface area contributed by atoms with Gasteiger partial charge in [0.2, 0.25) is 5.91 Å². The van der Waals surface area contributed by atoms with E-state index in [1.54, 1.807) is 7.05 Å². The van der Waals surface area contributed by atoms with E-state index in [1.807, 2.05) is 0 Å². The summed E-state index contributed by atoms with van der Waals surface area (Å²) in [6, 6.07) is 2.52. The average molecular weight is 138 g/mol. The lowest BCUT2D eigenvalue weighted by molar-refractivity contribution is -0.121. The van der Waals surface area contributed by atoms with E-state index < -0.39 is 0 Å². The van der Waals surface area contributed by atoms with Crippen LogP contribution < -0.4 is 10.6 Å². The molecule has 0 heterocycles. The highest BCUT2D eigenvalue weighted by atomic mass is 16.2. The van der Waals surface area contributed by atoms with Gasteiger partial charge in [-0.25, -0.2) is 0 Å². The summed E-state index contributed by atoms with van der Waals surface area (Å²) in [4.78, 5) is 10.8. The fourth-order valence-corrected chi connectivity index (χ4v) is 0.937. The number of nitrogens with one attached hydrogen (secondary N) is 2. The van der Waals surface area contributed by atoms with Crippen molar-refractivity contribution in [2.24, 2.45) is 5.92 Å². The SMILES string of the molecule is C#CN[C@@H]1C[C@H]1C(=O)NC. The van der Waals surface area contributed by atoms with Crippen molar-refractivity contribution in [1.29, 1.82) is 0 Å². The van der Waals surface area contributed by atoms with Gasteiger partial charge in [0.15, 0.2) is 0 Å². The lowest BCUT2D eigenvalue weighted by atomic mass is 10.4. The van der Waals surface area contributed by atoms with Gasteiger partial charge in [0.25, 0.3) is 0 Å². The molecule has 2 N–H and O–H groups in total. The fraction of sp³-hybridized carbons (Fsp3) is 0.571. The van der Waals surface area contributed by atoms with Gasteiger partial charge in [-0.2, -0.15) is 0 Å². The van der Waals surface area contributed by atoms with Crippen LogP contribution in [0.5, 0.6) is 0 Å². The quantitative estimate of drug-likeness (QED) is 0.391. The zero-order valence-electron chi connectivity index (χ0n) is 5.85. The molecule has 1 aliphatic carbocycles. The van der Waals surface area contributed by atoms with Gasteiger partial charge in [0.05, 0.1) is 5.92 Å². The fourth-order valence-electron chi connectivity index (χ4n) is 0.937. The molecular formula is C7H10N2O. The van der Waals surface area contributed by atoms with Gasteiger partial charge in [0, 0.05) is 19.1 Å². The number of carbonyl (C=O) groups is 1. The number of rotatable bonds is 2. The number of hydrogen-bond acceptors (Lipinski definition) is 2. The van der Waals surface area contributed by atoms with Gasteiger partial charge >= 0.3 is 0 Å². The van der Waals surface area contributed by atoms with Crippen LogP contribution in [0.25, 0.3) is 0 Å². The molecule has 1 amide bonds. The number of hydrogen-bond donors (Lipinski definition) is 2. The smallest absolute Gasteiger partial charge is 0.225 e. The van der Waals surface area contributed by atoms with E-state index in [4.69, 9.17) is 6.42 Å². The highest BCUT2D eigenvalue weighted by Gasteiger charge is 2.42. The predicted molar refractivity (Wildman–Crippen MR) is 37.9 cm³/mol. The first kappa shape index (κ1) is 6.94. The molecule has 1 saturated carbocycles. The Morgan fingerprint density at radius 1 is 1.80 bits per heavy atom. The van der Waals surface area contributed by atoms with Crippen molar-refractivity contribution < 1.29 is 4.79 Å². The maximum Gasteiger partial charge on any atom is 0.225 e. The van der Waals surface area contributed by atoms with Crippen LogP contribution in [0.3, 0.4) is 0 Å². The molecule has 54 valence electrons. The van der Waals surface area contributed by atoms with Crippen molar-refractivity contribution in [2.75, 3.05) is 7.05 Å². The van der Waals surface area contributed by atoms with Crippen LogP contribution in [0.2, 0.25) is 0 Å². The van der Waals surface area contributed by atoms with Crippen molar-refractivity contribution in [3.05, 3.63) is 0 Å². The summed E-state index contributed by atoms with van der Waals surface area (Å²) >= 11 is 0. The first-order valence-corrected chi connectivity index (χ1v) is 3.22. The minimum Gasteiger partial charge on any atom is -0.359 e. The van der Waals surface area contributed by atoms with Gasteiger partial charge in [-0.15, -0.1) is 0 Å². The average Bonchev–Trinajstić information content (AvgIpc) is 2.67. The van der Waals surface area contributed by atoms with Crippen molar-refractivity contribution >= 4 is 5.91 Å². The standard InChI is InChI=1S/C7H10N2O/c1-3-9-6-4-5(6)7(10)8-2/h1,5-6,9H,4H2,2H3,(H,8,10)/t5-,6-/m1/s1. The highest BCUT2D eigenvalue weighted by molar-refractivity contribution is 5.82. The van der Waals surface area contributed by atoms with E-state index in [0.717, 1.165) is 6.42 Å². The summed E-state index contributed by atoms with van der Waals surface area (Å²) in [5.41, 5.74) is 0. The molecule has 1 fully saturated rings. The summed E-state index contributed by atoms with van der Waals surface area (Å²) in [7, 11) is 1.63. The first-order valence-electron chi connectivity index (χ1n) is 3.22. The van der Waals surface area contributed by atoms with Crippen LogP contribution in [0.1, 0.15) is 6.42 Å². The maximum absolute atomic E-state index is 10.8. The summed E-state index contributed by atoms with van der Waals surface area (Å²) in [6.45, 7) is 0. The van der Waals surface area contributed by atoms with Gasteiger partial charge in [-0.1, -0.05) is 6.42 Å². The molecule has 1 aliphatic rings. The second-order valence-electron chi connectivity index (χ2n) is 2.35. The summed E-state index contributed by atoms with van der Waals surface area (Å²) < 4.78 is 0. The van der Waals surface area contributed by atoms with E-state index in [2.05, 4.69) is 16.7 Å². The molecule has 1 rings (SSSR count). The minimum atomic E-state index is 0.0766. The number of carbonyl (C=O) groups excluding carboxylic acids is 1. The Labute approximate surface area is 60.2 Å². The van der Waals surface area contributed by atoms with Gasteiger partial charge in [-0.3, -0.25) is 4.79 Å². The molecule has 0 spiro atoms. The minimum absolute atomic E-state index is 0.0766. The molecule has 0 aliphatic heterocycles. The second kappa shape index (κ2) is 2.61. The van der Waals surface area contributed by atoms with Gasteiger partial charge in [0.1, 0.15) is 0 Å². The molecule has 0 unspecified atom stereocenters. The van der Waals surface area contributed by atoms with E-state index in [0.29, 0.717) is 0 Å². The molecule has 0 aromatic rings. The second-order valence-corrected chi connectivity index (χ2v) is 2.35. The largest absolute Gasteiger partial charge is 0.359 e. The van der Waals surface area contributed by atoms with Crippen LogP contribution in [-0.2, 0) is 4.79 Å². The molecule has 3 nitrogen and oxygen atoms in total. The van der Waals surface area contributed by atoms with Crippen LogP contribution in [0.4, 0.5) is 0 Å². The van der Waals surface area contributed by atoms with Crippen molar-refractivity contribution in [3.8, 4) is 12.5 Å². The third-order valence-corrected chi connectivity index (χ3v) is 1.64. The molecule has 10 heavy (non-hydrogen) atoms. The Balaban J connectivity index is 2.26. The third-order valence-electron chi connectivity index (χ3n) is 1.64. The molecule has 0 saturated heterocycles. The van der Waals surface area contributed by atoms with Gasteiger partial charge < -0.3 is 10.6 Å². The summed E-state index contributed by atoms with van der Waals surface area (Å²) in [6.07, 6.45) is 5.85. The molecule has 2 atom stereocenters. The molecule has 0 bridgehead atoms. The molecule has 0 radical (unpaired) electrons. The van der Waals surface area contributed by atoms with Crippen LogP contribution in [-0.4, -0.2) is 19.0 Å². The Kier molecular flexibility index (Phi) is 1.81. The lowest BCUT2D eigenvalue weighted by Crippen LogP contribution is -2.24. The number of terminal acetylenes is 1. The van der Waals surface area contributed by atoms with Crippen LogP contribution >= 0.6 is 0 Å².